The average molecular weight is 431 g/mol. The molecule has 0 bridgehead atoms. The van der Waals surface area contributed by atoms with Gasteiger partial charge in [0, 0.05) is 54.6 Å². The van der Waals surface area contributed by atoms with Crippen LogP contribution >= 0.6 is 11.8 Å². The number of nitrogens with zero attached hydrogens (tertiary/aromatic N) is 4. The maximum absolute atomic E-state index is 15.3. The molecule has 0 aliphatic carbocycles. The Balaban J connectivity index is 2.02. The molecular weight excluding hydrogens is 403 g/mol. The molecule has 2 aromatic heterocycles. The Labute approximate surface area is 180 Å². The molecule has 0 saturated carbocycles. The monoisotopic (exact) mass is 430 g/mol. The molecule has 3 heterocycles. The summed E-state index contributed by atoms with van der Waals surface area (Å²) in [7, 11) is 0. The predicted octanol–water partition coefficient (Wildman–Crippen LogP) is 3.44. The molecule has 1 atom stereocenters. The van der Waals surface area contributed by atoms with E-state index in [0.29, 0.717) is 36.7 Å². The number of aromatic nitrogens is 2. The molecule has 1 saturated heterocycles. The number of rotatable bonds is 5. The smallest absolute Gasteiger partial charge is 0.259 e. The van der Waals surface area contributed by atoms with E-state index in [2.05, 4.69) is 11.6 Å². The van der Waals surface area contributed by atoms with Crippen LogP contribution in [0.25, 0.3) is 5.69 Å². The number of pyridine rings is 2. The molecular formula is C22H27FN4O2S. The normalized spacial score (nSPS) is 16.8. The Morgan fingerprint density at radius 1 is 1.37 bits per heavy atom. The lowest BCUT2D eigenvalue weighted by Crippen LogP contribution is -2.53. The highest BCUT2D eigenvalue weighted by molar-refractivity contribution is 7.98. The summed E-state index contributed by atoms with van der Waals surface area (Å²) >= 11 is 1.45. The van der Waals surface area contributed by atoms with Gasteiger partial charge in [-0.3, -0.25) is 14.6 Å². The third kappa shape index (κ3) is 4.14. The Kier molecular flexibility index (Phi) is 6.65. The molecule has 1 amide bonds. The van der Waals surface area contributed by atoms with Crippen LogP contribution in [0.2, 0.25) is 0 Å². The fraction of sp³-hybridized carbons (Fsp3) is 0.409. The minimum atomic E-state index is -0.625. The average Bonchev–Trinajstić information content (AvgIpc) is 2.72. The van der Waals surface area contributed by atoms with Crippen molar-refractivity contribution in [2.45, 2.75) is 37.6 Å². The minimum absolute atomic E-state index is 0.0357. The fourth-order valence-electron chi connectivity index (χ4n) is 3.84. The van der Waals surface area contributed by atoms with Gasteiger partial charge in [0.25, 0.3) is 5.56 Å². The van der Waals surface area contributed by atoms with Gasteiger partial charge in [-0.1, -0.05) is 20.4 Å². The number of thioether (sulfide) groups is 1. The van der Waals surface area contributed by atoms with E-state index in [4.69, 9.17) is 0 Å². The van der Waals surface area contributed by atoms with Gasteiger partial charge in [-0.15, -0.1) is 11.8 Å². The van der Waals surface area contributed by atoms with Gasteiger partial charge in [-0.25, -0.2) is 4.57 Å². The molecule has 2 aromatic rings. The van der Waals surface area contributed by atoms with Gasteiger partial charge in [-0.2, -0.15) is 4.39 Å². The maximum atomic E-state index is 15.3. The minimum Gasteiger partial charge on any atom is -0.365 e. The number of piperazine rings is 1. The first kappa shape index (κ1) is 22.1. The van der Waals surface area contributed by atoms with Crippen LogP contribution in [-0.4, -0.2) is 52.3 Å². The van der Waals surface area contributed by atoms with E-state index in [9.17, 15) is 9.59 Å². The molecule has 0 spiro atoms. The fourth-order valence-corrected chi connectivity index (χ4v) is 4.43. The molecule has 1 fully saturated rings. The van der Waals surface area contributed by atoms with Crippen LogP contribution in [0.3, 0.4) is 0 Å². The number of anilines is 1. The second-order valence-corrected chi connectivity index (χ2v) is 8.49. The second-order valence-electron chi connectivity index (χ2n) is 7.64. The Morgan fingerprint density at radius 3 is 2.67 bits per heavy atom. The molecule has 30 heavy (non-hydrogen) atoms. The lowest BCUT2D eigenvalue weighted by atomic mass is 10.1. The van der Waals surface area contributed by atoms with E-state index in [1.54, 1.807) is 17.2 Å². The van der Waals surface area contributed by atoms with E-state index in [1.807, 2.05) is 31.9 Å². The molecule has 0 unspecified atom stereocenters. The van der Waals surface area contributed by atoms with E-state index in [0.717, 1.165) is 9.46 Å². The van der Waals surface area contributed by atoms with Crippen LogP contribution in [0.1, 0.15) is 32.4 Å². The maximum Gasteiger partial charge on any atom is 0.259 e. The van der Waals surface area contributed by atoms with Gasteiger partial charge in [-0.05, 0) is 31.2 Å². The van der Waals surface area contributed by atoms with Gasteiger partial charge < -0.3 is 9.80 Å². The van der Waals surface area contributed by atoms with Gasteiger partial charge in [0.05, 0.1) is 11.4 Å². The van der Waals surface area contributed by atoms with Crippen molar-refractivity contribution in [3.05, 3.63) is 59.0 Å². The summed E-state index contributed by atoms with van der Waals surface area (Å²) < 4.78 is 16.4. The van der Waals surface area contributed by atoms with E-state index < -0.39 is 11.5 Å². The highest BCUT2D eigenvalue weighted by Gasteiger charge is 2.27. The zero-order chi connectivity index (χ0) is 22.0. The summed E-state index contributed by atoms with van der Waals surface area (Å²) in [5.74, 6) is -0.710. The summed E-state index contributed by atoms with van der Waals surface area (Å²) in [6.45, 7) is 10.9. The van der Waals surface area contributed by atoms with Crippen LogP contribution in [0.4, 0.5) is 10.1 Å². The predicted molar refractivity (Wildman–Crippen MR) is 119 cm³/mol. The SMILES string of the molecule is C=CC(=O)N1CCN(c2cc(F)n(-c3c(SC)ccnc3C(C)C)c(=O)c2)[C@@H](C)C1. The molecule has 0 aromatic carbocycles. The lowest BCUT2D eigenvalue weighted by Gasteiger charge is -2.41. The highest BCUT2D eigenvalue weighted by Crippen LogP contribution is 2.31. The number of hydrogen-bond donors (Lipinski definition) is 0. The van der Waals surface area contributed by atoms with Gasteiger partial charge in [0.2, 0.25) is 11.9 Å². The first-order valence-electron chi connectivity index (χ1n) is 9.92. The number of carbonyl (C=O) groups is 1. The third-order valence-corrected chi connectivity index (χ3v) is 6.09. The van der Waals surface area contributed by atoms with E-state index in [-0.39, 0.29) is 17.9 Å². The first-order chi connectivity index (χ1) is 14.3. The Hall–Kier alpha value is -2.61. The number of amides is 1. The van der Waals surface area contributed by atoms with Crippen molar-refractivity contribution in [2.75, 3.05) is 30.8 Å². The largest absolute Gasteiger partial charge is 0.365 e. The van der Waals surface area contributed by atoms with Crippen LogP contribution < -0.4 is 10.5 Å². The Bertz CT molecular complexity index is 1020. The zero-order valence-corrected chi connectivity index (χ0v) is 18.6. The van der Waals surface area contributed by atoms with Crippen molar-refractivity contribution >= 4 is 23.4 Å². The van der Waals surface area contributed by atoms with Crippen molar-refractivity contribution < 1.29 is 9.18 Å². The lowest BCUT2D eigenvalue weighted by molar-refractivity contribution is -0.126. The van der Waals surface area contributed by atoms with Crippen molar-refractivity contribution in [1.82, 2.24) is 14.5 Å². The van der Waals surface area contributed by atoms with Crippen LogP contribution in [-0.2, 0) is 4.79 Å². The summed E-state index contributed by atoms with van der Waals surface area (Å²) in [4.78, 5) is 33.8. The van der Waals surface area contributed by atoms with E-state index in [1.165, 1.54) is 30.0 Å². The second kappa shape index (κ2) is 9.04. The molecule has 6 nitrogen and oxygen atoms in total. The van der Waals surface area contributed by atoms with Gasteiger partial charge in [0.1, 0.15) is 0 Å². The summed E-state index contributed by atoms with van der Waals surface area (Å²) in [5, 5.41) is 0. The van der Waals surface area contributed by atoms with Crippen molar-refractivity contribution in [3.63, 3.8) is 0 Å². The summed E-state index contributed by atoms with van der Waals surface area (Å²) in [6, 6.07) is 4.60. The molecule has 0 radical (unpaired) electrons. The third-order valence-electron chi connectivity index (χ3n) is 5.32. The topological polar surface area (TPSA) is 58.4 Å². The molecule has 1 aliphatic heterocycles. The molecule has 8 heteroatoms. The van der Waals surface area contributed by atoms with E-state index >= 15 is 4.39 Å². The van der Waals surface area contributed by atoms with Crippen LogP contribution in [0.15, 0.2) is 46.7 Å². The van der Waals surface area contributed by atoms with Gasteiger partial charge >= 0.3 is 0 Å². The number of hydrogen-bond acceptors (Lipinski definition) is 5. The van der Waals surface area contributed by atoms with Crippen molar-refractivity contribution in [3.8, 4) is 5.69 Å². The molecule has 1 aliphatic rings. The standard InChI is InChI=1S/C22H27FN4O2S/c1-6-19(28)25-9-10-26(15(4)13-25)16-11-18(23)27(20(29)12-16)22-17(30-5)7-8-24-21(22)14(2)3/h6-8,11-12,14-15H,1,9-10,13H2,2-5H3/t15-/m0/s1. The zero-order valence-electron chi connectivity index (χ0n) is 17.8. The van der Waals surface area contributed by atoms with Crippen LogP contribution in [0.5, 0.6) is 0 Å². The van der Waals surface area contributed by atoms with Crippen molar-refractivity contribution in [1.29, 1.82) is 0 Å². The van der Waals surface area contributed by atoms with Crippen LogP contribution in [0, 0.1) is 5.95 Å². The Morgan fingerprint density at radius 2 is 2.10 bits per heavy atom. The summed E-state index contributed by atoms with van der Waals surface area (Å²) in [6.07, 6.45) is 4.88. The highest BCUT2D eigenvalue weighted by atomic mass is 32.2. The molecule has 0 N–H and O–H groups in total. The van der Waals surface area contributed by atoms with Crippen molar-refractivity contribution in [2.24, 2.45) is 0 Å². The first-order valence-corrected chi connectivity index (χ1v) is 11.1. The molecule has 3 rings (SSSR count). The van der Waals surface area contributed by atoms with Gasteiger partial charge in [0.15, 0.2) is 0 Å². The summed E-state index contributed by atoms with van der Waals surface area (Å²) in [5.41, 5.74) is 1.27. The quantitative estimate of drug-likeness (QED) is 0.413. The number of halogens is 1. The molecule has 160 valence electrons. The number of carbonyl (C=O) groups excluding carboxylic acids is 1.